The first-order chi connectivity index (χ1) is 9.17. The lowest BCUT2D eigenvalue weighted by molar-refractivity contribution is 0.357. The number of piperidine rings is 1. The molecular formula is C15H22BrNO2. The van der Waals surface area contributed by atoms with E-state index in [1.165, 1.54) is 18.4 Å². The van der Waals surface area contributed by atoms with Crippen LogP contribution < -0.4 is 14.8 Å². The van der Waals surface area contributed by atoms with Gasteiger partial charge in [-0.2, -0.15) is 0 Å². The van der Waals surface area contributed by atoms with E-state index in [2.05, 4.69) is 27.3 Å². The van der Waals surface area contributed by atoms with Gasteiger partial charge in [-0.1, -0.05) is 0 Å². The van der Waals surface area contributed by atoms with E-state index in [0.29, 0.717) is 0 Å². The van der Waals surface area contributed by atoms with Gasteiger partial charge >= 0.3 is 0 Å². The topological polar surface area (TPSA) is 30.5 Å². The summed E-state index contributed by atoms with van der Waals surface area (Å²) in [7, 11) is 3.45. The Morgan fingerprint density at radius 2 is 1.95 bits per heavy atom. The summed E-state index contributed by atoms with van der Waals surface area (Å²) >= 11 is 3.69. The van der Waals surface area contributed by atoms with E-state index >= 15 is 0 Å². The predicted octanol–water partition coefficient (Wildman–Crippen LogP) is 3.32. The number of aryl methyl sites for hydroxylation is 1. The van der Waals surface area contributed by atoms with Gasteiger partial charge in [-0.3, -0.25) is 0 Å². The van der Waals surface area contributed by atoms with Gasteiger partial charge in [0.05, 0.1) is 18.7 Å². The summed E-state index contributed by atoms with van der Waals surface area (Å²) in [6.07, 6.45) is 3.50. The molecule has 0 aliphatic carbocycles. The van der Waals surface area contributed by atoms with Gasteiger partial charge in [0.25, 0.3) is 0 Å². The molecule has 1 N–H and O–H groups in total. The number of rotatable bonds is 4. The van der Waals surface area contributed by atoms with Gasteiger partial charge in [-0.05, 0) is 72.8 Å². The van der Waals surface area contributed by atoms with E-state index in [1.54, 1.807) is 14.2 Å². The molecule has 0 amide bonds. The summed E-state index contributed by atoms with van der Waals surface area (Å²) in [6.45, 7) is 4.28. The average molecular weight is 328 g/mol. The highest BCUT2D eigenvalue weighted by molar-refractivity contribution is 9.10. The maximum atomic E-state index is 5.55. The van der Waals surface area contributed by atoms with E-state index < -0.39 is 0 Å². The highest BCUT2D eigenvalue weighted by atomic mass is 79.9. The molecule has 3 nitrogen and oxygen atoms in total. The number of benzene rings is 1. The Hall–Kier alpha value is -0.740. The molecule has 0 unspecified atom stereocenters. The number of ether oxygens (including phenoxy) is 2. The van der Waals surface area contributed by atoms with Crippen molar-refractivity contribution >= 4 is 15.9 Å². The molecule has 0 saturated carbocycles. The van der Waals surface area contributed by atoms with E-state index in [4.69, 9.17) is 9.47 Å². The lowest BCUT2D eigenvalue weighted by atomic mass is 9.90. The molecule has 4 heteroatoms. The Morgan fingerprint density at radius 3 is 2.53 bits per heavy atom. The van der Waals surface area contributed by atoms with Crippen molar-refractivity contribution in [2.24, 2.45) is 5.92 Å². The number of nitrogens with one attached hydrogen (secondary N) is 1. The van der Waals surface area contributed by atoms with Gasteiger partial charge in [0.15, 0.2) is 0 Å². The van der Waals surface area contributed by atoms with E-state index in [9.17, 15) is 0 Å². The van der Waals surface area contributed by atoms with Crippen LogP contribution in [0.4, 0.5) is 0 Å². The Kier molecular flexibility index (Phi) is 5.11. The van der Waals surface area contributed by atoms with Crippen LogP contribution in [-0.4, -0.2) is 27.3 Å². The first kappa shape index (κ1) is 14.7. The molecule has 2 rings (SSSR count). The third kappa shape index (κ3) is 3.23. The monoisotopic (exact) mass is 327 g/mol. The summed E-state index contributed by atoms with van der Waals surface area (Å²) in [5.41, 5.74) is 2.33. The minimum atomic E-state index is 0.721. The maximum Gasteiger partial charge on any atom is 0.136 e. The van der Waals surface area contributed by atoms with Gasteiger partial charge in [-0.25, -0.2) is 0 Å². The second-order valence-corrected chi connectivity index (χ2v) is 5.91. The molecule has 0 spiro atoms. The average Bonchev–Trinajstić information content (AvgIpc) is 2.43. The largest absolute Gasteiger partial charge is 0.496 e. The fraction of sp³-hybridized carbons (Fsp3) is 0.600. The highest BCUT2D eigenvalue weighted by Gasteiger charge is 2.21. The van der Waals surface area contributed by atoms with Crippen LogP contribution in [0.2, 0.25) is 0 Å². The molecule has 0 bridgehead atoms. The van der Waals surface area contributed by atoms with Gasteiger partial charge < -0.3 is 14.8 Å². The third-order valence-electron chi connectivity index (χ3n) is 3.84. The second kappa shape index (κ2) is 6.62. The first-order valence-corrected chi connectivity index (χ1v) is 7.57. The lowest BCUT2D eigenvalue weighted by Gasteiger charge is -2.24. The predicted molar refractivity (Wildman–Crippen MR) is 81.3 cm³/mol. The van der Waals surface area contributed by atoms with Gasteiger partial charge in [0.1, 0.15) is 11.5 Å². The van der Waals surface area contributed by atoms with Crippen LogP contribution in [0, 0.1) is 12.8 Å². The van der Waals surface area contributed by atoms with Crippen molar-refractivity contribution in [3.63, 3.8) is 0 Å². The Morgan fingerprint density at radius 1 is 1.26 bits per heavy atom. The molecule has 106 valence electrons. The minimum absolute atomic E-state index is 0.721. The first-order valence-electron chi connectivity index (χ1n) is 6.78. The zero-order valence-electron chi connectivity index (χ0n) is 11.9. The fourth-order valence-electron chi connectivity index (χ4n) is 2.77. The van der Waals surface area contributed by atoms with Gasteiger partial charge in [0.2, 0.25) is 0 Å². The summed E-state index contributed by atoms with van der Waals surface area (Å²) in [6, 6.07) is 2.07. The quantitative estimate of drug-likeness (QED) is 0.920. The molecule has 0 radical (unpaired) electrons. The van der Waals surface area contributed by atoms with Crippen molar-refractivity contribution < 1.29 is 9.47 Å². The normalized spacial score (nSPS) is 16.4. The van der Waals surface area contributed by atoms with Crippen molar-refractivity contribution in [2.75, 3.05) is 27.3 Å². The highest BCUT2D eigenvalue weighted by Crippen LogP contribution is 2.40. The molecule has 0 atom stereocenters. The summed E-state index contributed by atoms with van der Waals surface area (Å²) in [4.78, 5) is 0. The van der Waals surface area contributed by atoms with Crippen molar-refractivity contribution in [3.05, 3.63) is 21.7 Å². The molecule has 1 aliphatic heterocycles. The lowest BCUT2D eigenvalue weighted by Crippen LogP contribution is -2.28. The molecule has 1 heterocycles. The smallest absolute Gasteiger partial charge is 0.136 e. The zero-order valence-corrected chi connectivity index (χ0v) is 13.5. The van der Waals surface area contributed by atoms with E-state index in [1.807, 2.05) is 6.92 Å². The standard InChI is InChI=1S/C15H22BrNO2/c1-10-8-13(18-2)12(14(16)15(10)19-3)9-11-4-6-17-7-5-11/h8,11,17H,4-7,9H2,1-3H3. The van der Waals surface area contributed by atoms with Gasteiger partial charge in [-0.15, -0.1) is 0 Å². The van der Waals surface area contributed by atoms with E-state index in [-0.39, 0.29) is 0 Å². The Bertz CT molecular complexity index is 442. The summed E-state index contributed by atoms with van der Waals surface area (Å²) < 4.78 is 12.1. The Labute approximate surface area is 123 Å². The van der Waals surface area contributed by atoms with Crippen molar-refractivity contribution in [1.82, 2.24) is 5.32 Å². The maximum absolute atomic E-state index is 5.55. The molecule has 0 aromatic heterocycles. The van der Waals surface area contributed by atoms with Crippen molar-refractivity contribution in [1.29, 1.82) is 0 Å². The molecule has 1 saturated heterocycles. The van der Waals surface area contributed by atoms with Crippen LogP contribution in [0.15, 0.2) is 10.5 Å². The molecular weight excluding hydrogens is 306 g/mol. The SMILES string of the molecule is COc1cc(C)c(OC)c(Br)c1CC1CCNCC1. The number of hydrogen-bond donors (Lipinski definition) is 1. The molecule has 19 heavy (non-hydrogen) atoms. The summed E-state index contributed by atoms with van der Waals surface area (Å²) in [5.74, 6) is 2.60. The van der Waals surface area contributed by atoms with Crippen LogP contribution in [0.25, 0.3) is 0 Å². The number of halogens is 1. The molecule has 1 aromatic carbocycles. The molecule has 1 aromatic rings. The van der Waals surface area contributed by atoms with Crippen LogP contribution in [0.5, 0.6) is 11.5 Å². The molecule has 1 fully saturated rings. The van der Waals surface area contributed by atoms with Crippen LogP contribution in [0.1, 0.15) is 24.0 Å². The van der Waals surface area contributed by atoms with Crippen molar-refractivity contribution in [2.45, 2.75) is 26.2 Å². The number of methoxy groups -OCH3 is 2. The number of hydrogen-bond acceptors (Lipinski definition) is 3. The summed E-state index contributed by atoms with van der Waals surface area (Å²) in [5, 5.41) is 3.41. The van der Waals surface area contributed by atoms with Crippen LogP contribution >= 0.6 is 15.9 Å². The minimum Gasteiger partial charge on any atom is -0.496 e. The molecule has 1 aliphatic rings. The fourth-order valence-corrected chi connectivity index (χ4v) is 3.60. The van der Waals surface area contributed by atoms with E-state index in [0.717, 1.165) is 47.0 Å². The van der Waals surface area contributed by atoms with Crippen LogP contribution in [0.3, 0.4) is 0 Å². The van der Waals surface area contributed by atoms with Gasteiger partial charge in [0, 0.05) is 5.56 Å². The second-order valence-electron chi connectivity index (χ2n) is 5.12. The van der Waals surface area contributed by atoms with Crippen molar-refractivity contribution in [3.8, 4) is 11.5 Å². The third-order valence-corrected chi connectivity index (χ3v) is 4.68. The zero-order chi connectivity index (χ0) is 13.8. The Balaban J connectivity index is 2.31. The van der Waals surface area contributed by atoms with Crippen LogP contribution in [-0.2, 0) is 6.42 Å².